The van der Waals surface area contributed by atoms with Crippen LogP contribution in [0.2, 0.25) is 0 Å². The van der Waals surface area contributed by atoms with Gasteiger partial charge < -0.3 is 0 Å². The van der Waals surface area contributed by atoms with Crippen molar-refractivity contribution in [1.29, 1.82) is 0 Å². The van der Waals surface area contributed by atoms with Crippen molar-refractivity contribution in [2.24, 2.45) is 0 Å². The van der Waals surface area contributed by atoms with Crippen LogP contribution in [0.15, 0.2) is 0 Å². The van der Waals surface area contributed by atoms with Gasteiger partial charge in [-0.25, -0.2) is 0 Å². The van der Waals surface area contributed by atoms with Crippen LogP contribution in [0, 0.1) is 0 Å². The summed E-state index contributed by atoms with van der Waals surface area (Å²) < 4.78 is 0. The molecule has 1 heterocycles. The van der Waals surface area contributed by atoms with Crippen molar-refractivity contribution >= 4 is 0 Å². The third kappa shape index (κ3) is 5.08. The normalized spacial score (nSPS) is 10.2. The molecule has 0 unspecified atom stereocenters. The number of hydrogen-bond acceptors (Lipinski definition) is 9. The molecule has 18 heavy (non-hydrogen) atoms. The van der Waals surface area contributed by atoms with Gasteiger partial charge in [0.05, 0.1) is 19.8 Å². The average Bonchev–Trinajstić information content (AvgIpc) is 2.40. The molecule has 0 saturated heterocycles. The van der Waals surface area contributed by atoms with Crippen molar-refractivity contribution in [2.45, 2.75) is 20.8 Å². The maximum absolute atomic E-state index is 4.76. The first-order chi connectivity index (χ1) is 8.80. The molecule has 9 heteroatoms. The van der Waals surface area contributed by atoms with Crippen LogP contribution in [0.25, 0.3) is 0 Å². The van der Waals surface area contributed by atoms with E-state index < -0.39 is 0 Å². The maximum atomic E-state index is 4.76. The van der Waals surface area contributed by atoms with Gasteiger partial charge >= 0.3 is 18.0 Å². The van der Waals surface area contributed by atoms with E-state index in [2.05, 4.69) is 15.0 Å². The Balaban J connectivity index is 2.74. The zero-order valence-corrected chi connectivity index (χ0v) is 10.4. The minimum Gasteiger partial charge on any atom is -0.295 e. The highest BCUT2D eigenvalue weighted by molar-refractivity contribution is 5.07. The van der Waals surface area contributed by atoms with E-state index in [1.54, 1.807) is 20.8 Å². The summed E-state index contributed by atoms with van der Waals surface area (Å²) in [6.07, 6.45) is 0. The molecule has 0 aromatic carbocycles. The van der Waals surface area contributed by atoms with Crippen molar-refractivity contribution in [3.63, 3.8) is 0 Å². The van der Waals surface area contributed by atoms with Gasteiger partial charge in [0.2, 0.25) is 0 Å². The summed E-state index contributed by atoms with van der Waals surface area (Å²) in [6, 6.07) is -0.385. The molecule has 0 bridgehead atoms. The highest BCUT2D eigenvalue weighted by atomic mass is 17.2. The summed E-state index contributed by atoms with van der Waals surface area (Å²) in [7, 11) is 0. The van der Waals surface area contributed by atoms with Crippen molar-refractivity contribution in [3.8, 4) is 18.0 Å². The van der Waals surface area contributed by atoms with E-state index in [1.165, 1.54) is 0 Å². The quantitative estimate of drug-likeness (QED) is 0.473. The lowest BCUT2D eigenvalue weighted by Gasteiger charge is -2.05. The smallest absolute Gasteiger partial charge is 0.295 e. The van der Waals surface area contributed by atoms with Gasteiger partial charge in [0.15, 0.2) is 0 Å². The van der Waals surface area contributed by atoms with E-state index in [0.29, 0.717) is 19.8 Å². The zero-order chi connectivity index (χ0) is 13.2. The van der Waals surface area contributed by atoms with Crippen LogP contribution in [-0.4, -0.2) is 34.8 Å². The molecule has 0 N–H and O–H groups in total. The highest BCUT2D eigenvalue weighted by Gasteiger charge is 2.12. The summed E-state index contributed by atoms with van der Waals surface area (Å²) in [5.41, 5.74) is 0. The second kappa shape index (κ2) is 8.39. The molecule has 0 spiro atoms. The maximum Gasteiger partial charge on any atom is 0.362 e. The summed E-state index contributed by atoms with van der Waals surface area (Å²) in [5.74, 6) is 0. The minimum absolute atomic E-state index is 0.128. The summed E-state index contributed by atoms with van der Waals surface area (Å²) in [5, 5.41) is 0. The fourth-order valence-corrected chi connectivity index (χ4v) is 0.767. The Morgan fingerprint density at radius 3 is 1.11 bits per heavy atom. The first-order valence-corrected chi connectivity index (χ1v) is 5.44. The highest BCUT2D eigenvalue weighted by Crippen LogP contribution is 2.15. The van der Waals surface area contributed by atoms with Crippen molar-refractivity contribution in [3.05, 3.63) is 0 Å². The lowest BCUT2D eigenvalue weighted by Crippen LogP contribution is -2.08. The third-order valence-corrected chi connectivity index (χ3v) is 1.33. The third-order valence-electron chi connectivity index (χ3n) is 1.33. The number of hydrogen-bond donors (Lipinski definition) is 0. The Bertz CT molecular complexity index is 286. The predicted octanol–water partition coefficient (Wildman–Crippen LogP) is 0.862. The molecule has 0 aliphatic rings. The lowest BCUT2D eigenvalue weighted by atomic mass is 10.9. The van der Waals surface area contributed by atoms with Gasteiger partial charge in [-0.2, -0.15) is 14.7 Å². The largest absolute Gasteiger partial charge is 0.362 e. The zero-order valence-electron chi connectivity index (χ0n) is 10.4. The first kappa shape index (κ1) is 14.4. The van der Waals surface area contributed by atoms with E-state index in [0.717, 1.165) is 0 Å². The van der Waals surface area contributed by atoms with Gasteiger partial charge in [-0.05, 0) is 20.8 Å². The van der Waals surface area contributed by atoms with Crippen LogP contribution in [0.4, 0.5) is 0 Å². The van der Waals surface area contributed by atoms with E-state index in [9.17, 15) is 0 Å². The molecule has 0 fully saturated rings. The average molecular weight is 261 g/mol. The second-order valence-electron chi connectivity index (χ2n) is 2.65. The van der Waals surface area contributed by atoms with Crippen LogP contribution < -0.4 is 14.7 Å². The molecule has 9 nitrogen and oxygen atoms in total. The van der Waals surface area contributed by atoms with E-state index in [1.807, 2.05) is 0 Å². The first-order valence-electron chi connectivity index (χ1n) is 5.44. The topological polar surface area (TPSA) is 94.1 Å². The Labute approximate surface area is 104 Å². The molecule has 102 valence electrons. The Morgan fingerprint density at radius 1 is 0.611 bits per heavy atom. The van der Waals surface area contributed by atoms with Gasteiger partial charge in [-0.15, -0.1) is 15.0 Å². The van der Waals surface area contributed by atoms with E-state index in [4.69, 9.17) is 29.3 Å². The van der Waals surface area contributed by atoms with Crippen molar-refractivity contribution in [1.82, 2.24) is 15.0 Å². The molecule has 1 aromatic heterocycles. The molecular formula is C9H15N3O6. The van der Waals surface area contributed by atoms with Crippen LogP contribution in [0.1, 0.15) is 20.8 Å². The Morgan fingerprint density at radius 2 is 0.889 bits per heavy atom. The van der Waals surface area contributed by atoms with Gasteiger partial charge in [-0.3, -0.25) is 14.7 Å². The number of aromatic nitrogens is 3. The fraction of sp³-hybridized carbons (Fsp3) is 0.667. The van der Waals surface area contributed by atoms with Gasteiger partial charge in [-0.1, -0.05) is 0 Å². The van der Waals surface area contributed by atoms with Crippen LogP contribution in [-0.2, 0) is 14.7 Å². The summed E-state index contributed by atoms with van der Waals surface area (Å²) in [4.78, 5) is 39.7. The summed E-state index contributed by atoms with van der Waals surface area (Å²) >= 11 is 0. The second-order valence-corrected chi connectivity index (χ2v) is 2.65. The lowest BCUT2D eigenvalue weighted by molar-refractivity contribution is -0.227. The molecule has 0 saturated carbocycles. The molecule has 1 aromatic rings. The number of rotatable bonds is 9. The van der Waals surface area contributed by atoms with Crippen LogP contribution in [0.5, 0.6) is 18.0 Å². The van der Waals surface area contributed by atoms with Crippen LogP contribution >= 0.6 is 0 Å². The SMILES string of the molecule is CCOOc1nc(OOCC)nc(OOCC)n1. The molecular weight excluding hydrogens is 246 g/mol. The molecule has 0 amide bonds. The van der Waals surface area contributed by atoms with Crippen molar-refractivity contribution in [2.75, 3.05) is 19.8 Å². The Hall–Kier alpha value is -1.71. The standard InChI is InChI=1S/C9H15N3O6/c1-4-13-16-7-10-8(17-14-5-2)12-9(11-7)18-15-6-3/h4-6H2,1-3H3. The van der Waals surface area contributed by atoms with E-state index >= 15 is 0 Å². The van der Waals surface area contributed by atoms with Gasteiger partial charge in [0.25, 0.3) is 0 Å². The van der Waals surface area contributed by atoms with Crippen LogP contribution in [0.3, 0.4) is 0 Å². The van der Waals surface area contributed by atoms with Crippen molar-refractivity contribution < 1.29 is 29.3 Å². The molecule has 0 radical (unpaired) electrons. The molecule has 0 atom stereocenters. The fourth-order valence-electron chi connectivity index (χ4n) is 0.767. The Kier molecular flexibility index (Phi) is 6.69. The monoisotopic (exact) mass is 261 g/mol. The van der Waals surface area contributed by atoms with Gasteiger partial charge in [0.1, 0.15) is 0 Å². The molecule has 0 aliphatic carbocycles. The molecule has 0 aliphatic heterocycles. The predicted molar refractivity (Wildman–Crippen MR) is 56.6 cm³/mol. The van der Waals surface area contributed by atoms with Gasteiger partial charge in [0, 0.05) is 0 Å². The summed E-state index contributed by atoms with van der Waals surface area (Å²) in [6.45, 7) is 6.22. The minimum atomic E-state index is -0.128. The van der Waals surface area contributed by atoms with E-state index in [-0.39, 0.29) is 18.0 Å². The number of nitrogens with zero attached hydrogens (tertiary/aromatic N) is 3. The molecule has 1 rings (SSSR count).